The van der Waals surface area contributed by atoms with Crippen molar-refractivity contribution in [3.63, 3.8) is 0 Å². The quantitative estimate of drug-likeness (QED) is 0.0606. The summed E-state index contributed by atoms with van der Waals surface area (Å²) >= 11 is 0. The molecule has 3 rings (SSSR count). The van der Waals surface area contributed by atoms with Crippen LogP contribution in [-0.4, -0.2) is 84.2 Å². The van der Waals surface area contributed by atoms with Crippen LogP contribution >= 0.6 is 0 Å². The molecule has 0 spiro atoms. The van der Waals surface area contributed by atoms with E-state index in [1.54, 1.807) is 31.7 Å². The highest BCUT2D eigenvalue weighted by molar-refractivity contribution is 5.73. The van der Waals surface area contributed by atoms with Gasteiger partial charge in [-0.1, -0.05) is 110 Å². The van der Waals surface area contributed by atoms with E-state index in [1.165, 1.54) is 6.08 Å². The van der Waals surface area contributed by atoms with Crippen molar-refractivity contribution in [2.75, 3.05) is 26.2 Å². The van der Waals surface area contributed by atoms with Crippen LogP contribution in [0.5, 0.6) is 0 Å². The number of carboxylic acids is 1. The number of carboxylic acid groups (broad SMARTS) is 1. The number of rotatable bonds is 22. The van der Waals surface area contributed by atoms with Gasteiger partial charge in [0.1, 0.15) is 24.9 Å². The van der Waals surface area contributed by atoms with Crippen LogP contribution in [0.4, 0.5) is 14.4 Å². The third-order valence-electron chi connectivity index (χ3n) is 8.55. The highest BCUT2D eigenvalue weighted by Gasteiger charge is 2.28. The third kappa shape index (κ3) is 16.9. The maximum absolute atomic E-state index is 13.5. The minimum absolute atomic E-state index is 0.00911. The summed E-state index contributed by atoms with van der Waals surface area (Å²) in [7, 11) is 0. The van der Waals surface area contributed by atoms with Crippen LogP contribution in [0.15, 0.2) is 116 Å². The van der Waals surface area contributed by atoms with Gasteiger partial charge in [-0.15, -0.1) is 6.58 Å². The summed E-state index contributed by atoms with van der Waals surface area (Å²) in [5.41, 5.74) is 2.10. The van der Waals surface area contributed by atoms with Crippen LogP contribution in [0, 0.1) is 0 Å². The zero-order valence-corrected chi connectivity index (χ0v) is 32.2. The Kier molecular flexibility index (Phi) is 18.5. The summed E-state index contributed by atoms with van der Waals surface area (Å²) in [5.74, 6) is -1.30. The van der Waals surface area contributed by atoms with Gasteiger partial charge in [0, 0.05) is 37.6 Å². The minimum Gasteiger partial charge on any atom is -0.480 e. The van der Waals surface area contributed by atoms with E-state index in [0.717, 1.165) is 16.7 Å². The van der Waals surface area contributed by atoms with E-state index >= 15 is 0 Å². The van der Waals surface area contributed by atoms with Crippen molar-refractivity contribution in [1.82, 2.24) is 20.9 Å². The predicted octanol–water partition coefficient (Wildman–Crippen LogP) is 7.42. The maximum Gasteiger partial charge on any atom is 0.410 e. The van der Waals surface area contributed by atoms with Crippen molar-refractivity contribution >= 4 is 24.2 Å². The fourth-order valence-corrected chi connectivity index (χ4v) is 5.86. The van der Waals surface area contributed by atoms with E-state index in [2.05, 4.69) is 29.1 Å². The molecule has 3 atom stereocenters. The van der Waals surface area contributed by atoms with Gasteiger partial charge in [-0.05, 0) is 63.1 Å². The van der Waals surface area contributed by atoms with Crippen LogP contribution in [0.2, 0.25) is 0 Å². The van der Waals surface area contributed by atoms with Gasteiger partial charge < -0.3 is 34.9 Å². The molecule has 55 heavy (non-hydrogen) atoms. The Labute approximate surface area is 324 Å². The van der Waals surface area contributed by atoms with Crippen LogP contribution in [0.3, 0.4) is 0 Å². The highest BCUT2D eigenvalue weighted by Crippen LogP contribution is 2.26. The SMILES string of the molecule is C=CCOC(=O)N(CCC(CNC(=O)OC(C)(C)C)N[C@@H](CCC(CC=C)NC(=O)OCc1ccccc1)C(=O)O)CC(c1ccccc1)c1ccccc1. The number of ether oxygens (including phenoxy) is 3. The van der Waals surface area contributed by atoms with Crippen LogP contribution in [-0.2, 0) is 25.6 Å². The van der Waals surface area contributed by atoms with E-state index in [9.17, 15) is 24.3 Å². The highest BCUT2D eigenvalue weighted by atomic mass is 16.6. The lowest BCUT2D eigenvalue weighted by Gasteiger charge is -2.31. The van der Waals surface area contributed by atoms with Crippen molar-refractivity contribution in [1.29, 1.82) is 0 Å². The summed E-state index contributed by atoms with van der Waals surface area (Å²) in [4.78, 5) is 53.1. The second-order valence-electron chi connectivity index (χ2n) is 14.1. The van der Waals surface area contributed by atoms with Crippen molar-refractivity contribution < 1.29 is 38.5 Å². The molecule has 3 aromatic rings. The van der Waals surface area contributed by atoms with Gasteiger partial charge in [0.05, 0.1) is 0 Å². The molecule has 12 nitrogen and oxygen atoms in total. The first-order valence-electron chi connectivity index (χ1n) is 18.5. The first-order chi connectivity index (χ1) is 26.4. The molecule has 0 aromatic heterocycles. The molecule has 0 bridgehead atoms. The summed E-state index contributed by atoms with van der Waals surface area (Å²) in [6, 6.07) is 26.8. The Balaban J connectivity index is 1.79. The fourth-order valence-electron chi connectivity index (χ4n) is 5.86. The molecule has 0 radical (unpaired) electrons. The van der Waals surface area contributed by atoms with E-state index in [1.807, 2.05) is 91.0 Å². The van der Waals surface area contributed by atoms with Gasteiger partial charge in [0.15, 0.2) is 0 Å². The fraction of sp³-hybridized carbons (Fsp3) is 0.395. The van der Waals surface area contributed by atoms with Gasteiger partial charge >= 0.3 is 24.2 Å². The molecule has 0 heterocycles. The second-order valence-corrected chi connectivity index (χ2v) is 14.1. The van der Waals surface area contributed by atoms with Crippen molar-refractivity contribution in [2.24, 2.45) is 0 Å². The van der Waals surface area contributed by atoms with Crippen LogP contribution < -0.4 is 16.0 Å². The van der Waals surface area contributed by atoms with Gasteiger partial charge in [-0.3, -0.25) is 10.1 Å². The molecule has 0 aliphatic rings. The molecule has 12 heteroatoms. The van der Waals surface area contributed by atoms with Gasteiger partial charge in [-0.25, -0.2) is 14.4 Å². The molecule has 0 saturated heterocycles. The van der Waals surface area contributed by atoms with E-state index in [0.29, 0.717) is 12.8 Å². The Hall–Kier alpha value is -5.62. The van der Waals surface area contributed by atoms with Gasteiger partial charge in [-0.2, -0.15) is 0 Å². The molecule has 4 N–H and O–H groups in total. The minimum atomic E-state index is -1.11. The number of nitrogens with zero attached hydrogens (tertiary/aromatic N) is 1. The average Bonchev–Trinajstić information content (AvgIpc) is 3.16. The van der Waals surface area contributed by atoms with Crippen LogP contribution in [0.1, 0.15) is 69.1 Å². The van der Waals surface area contributed by atoms with Gasteiger partial charge in [0.2, 0.25) is 0 Å². The standard InChI is InChI=1S/C43H56N4O8/c1-6-17-35(46-41(51)54-31-32-18-11-8-12-19-32)24-25-38(39(48)49)45-36(29-44-40(50)55-43(3,4)5)26-27-47(42(52)53-28-7-2)30-37(33-20-13-9-14-21-33)34-22-15-10-16-23-34/h6-16,18-23,35-38,45H,1-2,17,24-31H2,3-5H3,(H,44,50)(H,46,51)(H,48,49)/t35?,36?,38-/m0/s1. The van der Waals surface area contributed by atoms with Crippen molar-refractivity contribution in [3.8, 4) is 0 Å². The molecule has 3 aromatic carbocycles. The third-order valence-corrected chi connectivity index (χ3v) is 8.55. The zero-order chi connectivity index (χ0) is 40.1. The number of nitrogens with one attached hydrogen (secondary N) is 3. The normalized spacial score (nSPS) is 12.7. The number of hydrogen-bond donors (Lipinski definition) is 4. The number of alkyl carbamates (subject to hydrolysis) is 2. The van der Waals surface area contributed by atoms with E-state index in [4.69, 9.17) is 14.2 Å². The van der Waals surface area contributed by atoms with Crippen molar-refractivity contribution in [3.05, 3.63) is 133 Å². The first-order valence-corrected chi connectivity index (χ1v) is 18.5. The van der Waals surface area contributed by atoms with Gasteiger partial charge in [0.25, 0.3) is 0 Å². The monoisotopic (exact) mass is 756 g/mol. The Morgan fingerprint density at radius 2 is 1.38 bits per heavy atom. The Bertz CT molecular complexity index is 1590. The number of aliphatic carboxylic acids is 1. The molecule has 0 saturated carbocycles. The molecular formula is C43H56N4O8. The maximum atomic E-state index is 13.5. The van der Waals surface area contributed by atoms with Crippen LogP contribution in [0.25, 0.3) is 0 Å². The molecule has 3 amide bonds. The zero-order valence-electron chi connectivity index (χ0n) is 32.2. The molecule has 0 fully saturated rings. The molecule has 2 unspecified atom stereocenters. The molecular weight excluding hydrogens is 700 g/mol. The van der Waals surface area contributed by atoms with E-state index in [-0.39, 0.29) is 51.6 Å². The number of carbonyl (C=O) groups is 4. The largest absolute Gasteiger partial charge is 0.480 e. The molecule has 0 aliphatic carbocycles. The molecule has 296 valence electrons. The van der Waals surface area contributed by atoms with Crippen molar-refractivity contribution in [2.45, 2.75) is 82.7 Å². The second kappa shape index (κ2) is 23.2. The number of benzene rings is 3. The Morgan fingerprint density at radius 1 is 0.782 bits per heavy atom. The lowest BCUT2D eigenvalue weighted by atomic mass is 9.90. The Morgan fingerprint density at radius 3 is 1.93 bits per heavy atom. The average molecular weight is 757 g/mol. The predicted molar refractivity (Wildman–Crippen MR) is 213 cm³/mol. The number of hydrogen-bond acceptors (Lipinski definition) is 8. The summed E-state index contributed by atoms with van der Waals surface area (Å²) < 4.78 is 16.3. The lowest BCUT2D eigenvalue weighted by molar-refractivity contribution is -0.140. The number of carbonyl (C=O) groups excluding carboxylic acids is 3. The lowest BCUT2D eigenvalue weighted by Crippen LogP contribution is -2.51. The summed E-state index contributed by atoms with van der Waals surface area (Å²) in [6.45, 7) is 13.2. The van der Waals surface area contributed by atoms with E-state index < -0.39 is 48.0 Å². The summed E-state index contributed by atoms with van der Waals surface area (Å²) in [5, 5.41) is 19.1. The topological polar surface area (TPSA) is 156 Å². The smallest absolute Gasteiger partial charge is 0.410 e. The first kappa shape index (κ1) is 43.8. The number of amides is 3. The molecule has 0 aliphatic heterocycles. The summed E-state index contributed by atoms with van der Waals surface area (Å²) in [6.07, 6.45) is 2.37.